The van der Waals surface area contributed by atoms with Gasteiger partial charge < -0.3 is 14.6 Å². The van der Waals surface area contributed by atoms with Gasteiger partial charge in [-0.15, -0.1) is 0 Å². The minimum atomic E-state index is -3.75. The van der Waals surface area contributed by atoms with Gasteiger partial charge in [0.2, 0.25) is 15.5 Å². The summed E-state index contributed by atoms with van der Waals surface area (Å²) in [6.07, 6.45) is 5.52. The Hall–Kier alpha value is -2.23. The van der Waals surface area contributed by atoms with Gasteiger partial charge in [0.25, 0.3) is 5.91 Å². The van der Waals surface area contributed by atoms with Gasteiger partial charge in [-0.25, -0.2) is 8.42 Å². The predicted octanol–water partition coefficient (Wildman–Crippen LogP) is 2.35. The molecule has 1 aromatic heterocycles. The first-order chi connectivity index (χ1) is 15.3. The predicted molar refractivity (Wildman–Crippen MR) is 122 cm³/mol. The van der Waals surface area contributed by atoms with Gasteiger partial charge in [-0.05, 0) is 56.7 Å². The van der Waals surface area contributed by atoms with E-state index in [1.54, 1.807) is 12.3 Å². The molecule has 1 aromatic carbocycles. The van der Waals surface area contributed by atoms with Crippen molar-refractivity contribution in [3.63, 3.8) is 0 Å². The third-order valence-electron chi connectivity index (χ3n) is 6.60. The highest BCUT2D eigenvalue weighted by Gasteiger charge is 2.28. The smallest absolute Gasteiger partial charge is 0.256 e. The van der Waals surface area contributed by atoms with E-state index in [9.17, 15) is 18.0 Å². The minimum absolute atomic E-state index is 0.0545. The van der Waals surface area contributed by atoms with Crippen molar-refractivity contribution in [2.45, 2.75) is 57.0 Å². The second kappa shape index (κ2) is 9.33. The van der Waals surface area contributed by atoms with Crippen LogP contribution in [0.2, 0.25) is 0 Å². The molecule has 0 spiro atoms. The lowest BCUT2D eigenvalue weighted by Gasteiger charge is -2.27. The molecule has 2 aromatic rings. The molecule has 4 rings (SSSR count). The number of benzene rings is 1. The van der Waals surface area contributed by atoms with Gasteiger partial charge in [0.05, 0.1) is 23.6 Å². The Labute approximate surface area is 188 Å². The number of fused-ring (bicyclic) bond motifs is 1. The van der Waals surface area contributed by atoms with Crippen LogP contribution >= 0.6 is 0 Å². The average molecular weight is 462 g/mol. The fraction of sp³-hybridized carbons (Fsp3) is 0.565. The topological polar surface area (TPSA) is 97.7 Å². The van der Waals surface area contributed by atoms with Crippen LogP contribution in [-0.2, 0) is 21.3 Å². The Kier molecular flexibility index (Phi) is 6.69. The van der Waals surface area contributed by atoms with Crippen LogP contribution in [0.4, 0.5) is 0 Å². The van der Waals surface area contributed by atoms with Gasteiger partial charge in [0.1, 0.15) is 5.56 Å². The Balaban J connectivity index is 1.71. The number of pyridine rings is 1. The molecule has 0 bridgehead atoms. The molecule has 1 N–H and O–H groups in total. The van der Waals surface area contributed by atoms with Gasteiger partial charge >= 0.3 is 0 Å². The number of aryl methyl sites for hydroxylation is 1. The maximum absolute atomic E-state index is 13.3. The van der Waals surface area contributed by atoms with Gasteiger partial charge in [-0.1, -0.05) is 6.92 Å². The molecule has 174 valence electrons. The van der Waals surface area contributed by atoms with Crippen LogP contribution in [0.25, 0.3) is 10.9 Å². The zero-order valence-electron chi connectivity index (χ0n) is 18.7. The van der Waals surface area contributed by atoms with E-state index < -0.39 is 15.5 Å². The van der Waals surface area contributed by atoms with Crippen LogP contribution in [0.5, 0.6) is 0 Å². The summed E-state index contributed by atoms with van der Waals surface area (Å²) in [4.78, 5) is 26.3. The van der Waals surface area contributed by atoms with Crippen molar-refractivity contribution < 1.29 is 17.9 Å². The highest BCUT2D eigenvalue weighted by Crippen LogP contribution is 2.24. The van der Waals surface area contributed by atoms with Crippen molar-refractivity contribution in [2.24, 2.45) is 5.92 Å². The van der Waals surface area contributed by atoms with Crippen LogP contribution < -0.4 is 10.7 Å². The van der Waals surface area contributed by atoms with E-state index in [1.165, 1.54) is 16.4 Å². The van der Waals surface area contributed by atoms with Crippen molar-refractivity contribution >= 4 is 26.8 Å². The van der Waals surface area contributed by atoms with Crippen molar-refractivity contribution in [3.8, 4) is 0 Å². The normalized spacial score (nSPS) is 22.7. The summed E-state index contributed by atoms with van der Waals surface area (Å²) in [5, 5.41) is 3.26. The third kappa shape index (κ3) is 4.46. The van der Waals surface area contributed by atoms with Crippen LogP contribution in [0, 0.1) is 5.92 Å². The Morgan fingerprint density at radius 2 is 1.84 bits per heavy atom. The second-order valence-electron chi connectivity index (χ2n) is 8.78. The maximum Gasteiger partial charge on any atom is 0.256 e. The molecule has 0 unspecified atom stereocenters. The van der Waals surface area contributed by atoms with Gasteiger partial charge in [0, 0.05) is 37.3 Å². The van der Waals surface area contributed by atoms with E-state index in [2.05, 4.69) is 12.2 Å². The molecule has 1 aliphatic heterocycles. The highest BCUT2D eigenvalue weighted by molar-refractivity contribution is 7.89. The maximum atomic E-state index is 13.3. The van der Waals surface area contributed by atoms with Crippen molar-refractivity contribution in [3.05, 3.63) is 40.2 Å². The fourth-order valence-electron chi connectivity index (χ4n) is 4.56. The van der Waals surface area contributed by atoms with Crippen molar-refractivity contribution in [1.82, 2.24) is 14.2 Å². The number of nitrogens with one attached hydrogen (secondary N) is 1. The minimum Gasteiger partial charge on any atom is -0.379 e. The number of hydrogen-bond donors (Lipinski definition) is 1. The molecule has 1 aliphatic carbocycles. The van der Waals surface area contributed by atoms with Gasteiger partial charge in [-0.2, -0.15) is 4.31 Å². The number of ether oxygens (including phenoxy) is 1. The number of rotatable bonds is 5. The lowest BCUT2D eigenvalue weighted by molar-refractivity contribution is 0.0730. The molecular weight excluding hydrogens is 430 g/mol. The van der Waals surface area contributed by atoms with E-state index in [-0.39, 0.29) is 40.9 Å². The zero-order chi connectivity index (χ0) is 22.9. The molecule has 8 nitrogen and oxygen atoms in total. The van der Waals surface area contributed by atoms with Gasteiger partial charge in [0.15, 0.2) is 0 Å². The quantitative estimate of drug-likeness (QED) is 0.737. The first kappa shape index (κ1) is 22.9. The molecule has 0 atom stereocenters. The molecule has 1 saturated carbocycles. The van der Waals surface area contributed by atoms with Crippen molar-refractivity contribution in [2.75, 3.05) is 26.3 Å². The van der Waals surface area contributed by atoms with Crippen LogP contribution in [0.3, 0.4) is 0 Å². The van der Waals surface area contributed by atoms with Crippen molar-refractivity contribution in [1.29, 1.82) is 0 Å². The first-order valence-electron chi connectivity index (χ1n) is 11.4. The van der Waals surface area contributed by atoms with Crippen LogP contribution in [0.15, 0.2) is 34.1 Å². The second-order valence-corrected chi connectivity index (χ2v) is 10.7. The standard InChI is InChI=1S/C23H31N3O5S/c1-3-25-15-20(23(28)24-17-6-4-16(2)5-7-17)22(27)19-14-18(8-9-21(19)25)32(29,30)26-10-12-31-13-11-26/h8-9,14-17H,3-7,10-13H2,1-2H3,(H,24,28). The molecular formula is C23H31N3O5S. The Morgan fingerprint density at radius 1 is 1.16 bits per heavy atom. The lowest BCUT2D eigenvalue weighted by atomic mass is 9.87. The number of aromatic nitrogens is 1. The fourth-order valence-corrected chi connectivity index (χ4v) is 6.00. The molecule has 2 heterocycles. The number of amides is 1. The summed E-state index contributed by atoms with van der Waals surface area (Å²) in [5.74, 6) is 0.271. The van der Waals surface area contributed by atoms with E-state index in [4.69, 9.17) is 4.74 Å². The number of sulfonamides is 1. The average Bonchev–Trinajstić information content (AvgIpc) is 2.81. The number of hydrogen-bond acceptors (Lipinski definition) is 5. The zero-order valence-corrected chi connectivity index (χ0v) is 19.5. The van der Waals surface area contributed by atoms with Crippen LogP contribution in [-0.4, -0.2) is 55.5 Å². The molecule has 32 heavy (non-hydrogen) atoms. The Bertz CT molecular complexity index is 1160. The molecule has 2 aliphatic rings. The Morgan fingerprint density at radius 3 is 2.50 bits per heavy atom. The number of nitrogens with zero attached hydrogens (tertiary/aromatic N) is 2. The van der Waals surface area contributed by atoms with E-state index in [0.717, 1.165) is 25.7 Å². The molecule has 1 saturated heterocycles. The summed E-state index contributed by atoms with van der Waals surface area (Å²) in [5.41, 5.74) is 0.228. The first-order valence-corrected chi connectivity index (χ1v) is 12.8. The summed E-state index contributed by atoms with van der Waals surface area (Å²) < 4.78 is 34.6. The SMILES string of the molecule is CCn1cc(C(=O)NC2CCC(C)CC2)c(=O)c2cc(S(=O)(=O)N3CCOCC3)ccc21. The molecule has 9 heteroatoms. The van der Waals surface area contributed by atoms with Gasteiger partial charge in [-0.3, -0.25) is 9.59 Å². The van der Waals surface area contributed by atoms with E-state index in [1.807, 2.05) is 11.5 Å². The number of carbonyl (C=O) groups is 1. The highest BCUT2D eigenvalue weighted by atomic mass is 32.2. The summed E-state index contributed by atoms with van der Waals surface area (Å²) in [7, 11) is -3.75. The summed E-state index contributed by atoms with van der Waals surface area (Å²) in [6, 6.07) is 4.66. The van der Waals surface area contributed by atoms with E-state index >= 15 is 0 Å². The number of carbonyl (C=O) groups excluding carboxylic acids is 1. The monoisotopic (exact) mass is 461 g/mol. The molecule has 2 fully saturated rings. The largest absolute Gasteiger partial charge is 0.379 e. The van der Waals surface area contributed by atoms with Crippen LogP contribution in [0.1, 0.15) is 49.9 Å². The third-order valence-corrected chi connectivity index (χ3v) is 8.49. The molecule has 0 radical (unpaired) electrons. The number of morpholine rings is 1. The molecule has 1 amide bonds. The summed E-state index contributed by atoms with van der Waals surface area (Å²) in [6.45, 7) is 5.94. The van der Waals surface area contributed by atoms with E-state index in [0.29, 0.717) is 31.2 Å². The summed E-state index contributed by atoms with van der Waals surface area (Å²) >= 11 is 0. The lowest BCUT2D eigenvalue weighted by Crippen LogP contribution is -2.40.